The molecule has 1 N–H and O–H groups in total. The lowest BCUT2D eigenvalue weighted by Gasteiger charge is -2.31. The van der Waals surface area contributed by atoms with Crippen LogP contribution in [-0.2, 0) is 11.2 Å². The minimum Gasteiger partial charge on any atom is -0.315 e. The number of carbonyl (C=O) groups is 1. The van der Waals surface area contributed by atoms with Crippen molar-refractivity contribution in [2.24, 2.45) is 5.92 Å². The minimum atomic E-state index is 0.263. The van der Waals surface area contributed by atoms with Crippen LogP contribution in [0.5, 0.6) is 0 Å². The molecule has 2 atom stereocenters. The Bertz CT molecular complexity index is 458. The number of nitrogens with zero attached hydrogens (tertiary/aromatic N) is 1. The van der Waals surface area contributed by atoms with E-state index in [1.54, 1.807) is 0 Å². The van der Waals surface area contributed by atoms with Gasteiger partial charge in [0.1, 0.15) is 0 Å². The van der Waals surface area contributed by atoms with Gasteiger partial charge in [-0.25, -0.2) is 0 Å². The summed E-state index contributed by atoms with van der Waals surface area (Å²) >= 11 is 0. The van der Waals surface area contributed by atoms with Gasteiger partial charge < -0.3 is 10.2 Å². The number of rotatable bonds is 5. The molecular formula is C17H26N2O. The van der Waals surface area contributed by atoms with E-state index in [4.69, 9.17) is 0 Å². The first-order valence-corrected chi connectivity index (χ1v) is 7.72. The highest BCUT2D eigenvalue weighted by Gasteiger charge is 2.25. The SMILES string of the molecule is CCC(C)C(CN1C(=O)CCCc2ccccc21)NC. The third kappa shape index (κ3) is 3.21. The van der Waals surface area contributed by atoms with E-state index < -0.39 is 0 Å². The standard InChI is InChI=1S/C17H26N2O/c1-4-13(2)15(18-3)12-19-16-10-6-5-8-14(16)9-7-11-17(19)20/h5-6,8,10,13,15,18H,4,7,9,11-12H2,1-3H3. The maximum absolute atomic E-state index is 12.4. The van der Waals surface area contributed by atoms with Gasteiger partial charge in [0.05, 0.1) is 0 Å². The zero-order valence-electron chi connectivity index (χ0n) is 12.9. The van der Waals surface area contributed by atoms with Gasteiger partial charge in [0, 0.05) is 24.7 Å². The van der Waals surface area contributed by atoms with Gasteiger partial charge in [0.15, 0.2) is 0 Å². The summed E-state index contributed by atoms with van der Waals surface area (Å²) in [6.45, 7) is 5.21. The summed E-state index contributed by atoms with van der Waals surface area (Å²) in [6, 6.07) is 8.68. The zero-order chi connectivity index (χ0) is 14.5. The number of hydrogen-bond donors (Lipinski definition) is 1. The fourth-order valence-corrected chi connectivity index (χ4v) is 2.92. The van der Waals surface area contributed by atoms with Crippen LogP contribution in [0.4, 0.5) is 5.69 Å². The molecule has 20 heavy (non-hydrogen) atoms. The lowest BCUT2D eigenvalue weighted by molar-refractivity contribution is -0.118. The van der Waals surface area contributed by atoms with E-state index in [2.05, 4.69) is 37.4 Å². The summed E-state index contributed by atoms with van der Waals surface area (Å²) in [7, 11) is 1.99. The molecule has 0 saturated carbocycles. The molecule has 0 fully saturated rings. The number of amides is 1. The average Bonchev–Trinajstić information content (AvgIpc) is 2.63. The van der Waals surface area contributed by atoms with Gasteiger partial charge >= 0.3 is 0 Å². The smallest absolute Gasteiger partial charge is 0.227 e. The molecule has 1 aromatic rings. The highest BCUT2D eigenvalue weighted by Crippen LogP contribution is 2.27. The van der Waals surface area contributed by atoms with E-state index in [9.17, 15) is 4.79 Å². The molecule has 0 radical (unpaired) electrons. The van der Waals surface area contributed by atoms with Crippen LogP contribution in [0.3, 0.4) is 0 Å². The molecule has 0 saturated heterocycles. The van der Waals surface area contributed by atoms with Crippen molar-refractivity contribution in [1.29, 1.82) is 0 Å². The first kappa shape index (κ1) is 15.0. The molecule has 3 heteroatoms. The summed E-state index contributed by atoms with van der Waals surface area (Å²) in [4.78, 5) is 14.4. The van der Waals surface area contributed by atoms with Crippen LogP contribution in [0.15, 0.2) is 24.3 Å². The Morgan fingerprint density at radius 1 is 1.30 bits per heavy atom. The lowest BCUT2D eigenvalue weighted by atomic mass is 9.98. The number of anilines is 1. The van der Waals surface area contributed by atoms with Crippen molar-refractivity contribution in [3.63, 3.8) is 0 Å². The highest BCUT2D eigenvalue weighted by atomic mass is 16.2. The second-order valence-electron chi connectivity index (χ2n) is 5.77. The van der Waals surface area contributed by atoms with Gasteiger partial charge in [0.25, 0.3) is 0 Å². The van der Waals surface area contributed by atoms with Crippen molar-refractivity contribution < 1.29 is 4.79 Å². The topological polar surface area (TPSA) is 32.3 Å². The Kier molecular flexibility index (Phi) is 5.18. The van der Waals surface area contributed by atoms with Crippen molar-refractivity contribution in [2.45, 2.75) is 45.6 Å². The molecule has 3 nitrogen and oxygen atoms in total. The third-order valence-electron chi connectivity index (χ3n) is 4.50. The van der Waals surface area contributed by atoms with Crippen LogP contribution in [-0.4, -0.2) is 25.5 Å². The lowest BCUT2D eigenvalue weighted by Crippen LogP contribution is -2.45. The predicted molar refractivity (Wildman–Crippen MR) is 84.0 cm³/mol. The van der Waals surface area contributed by atoms with Gasteiger partial charge in [-0.05, 0) is 37.4 Å². The first-order valence-electron chi connectivity index (χ1n) is 7.72. The second-order valence-corrected chi connectivity index (χ2v) is 5.77. The van der Waals surface area contributed by atoms with Crippen LogP contribution in [0.25, 0.3) is 0 Å². The molecule has 2 unspecified atom stereocenters. The van der Waals surface area contributed by atoms with Crippen molar-refractivity contribution >= 4 is 11.6 Å². The highest BCUT2D eigenvalue weighted by molar-refractivity contribution is 5.94. The van der Waals surface area contributed by atoms with E-state index in [1.165, 1.54) is 5.56 Å². The summed E-state index contributed by atoms with van der Waals surface area (Å²) in [5.41, 5.74) is 2.41. The largest absolute Gasteiger partial charge is 0.315 e. The molecular weight excluding hydrogens is 248 g/mol. The maximum atomic E-state index is 12.4. The molecule has 110 valence electrons. The Morgan fingerprint density at radius 3 is 2.75 bits per heavy atom. The quantitative estimate of drug-likeness (QED) is 0.895. The van der Waals surface area contributed by atoms with E-state index in [0.717, 1.165) is 31.5 Å². The summed E-state index contributed by atoms with van der Waals surface area (Å²) in [5, 5.41) is 3.38. The molecule has 1 aliphatic heterocycles. The van der Waals surface area contributed by atoms with Crippen molar-refractivity contribution in [3.8, 4) is 0 Å². The molecule has 1 aromatic carbocycles. The molecule has 1 amide bonds. The summed E-state index contributed by atoms with van der Waals surface area (Å²) in [5.74, 6) is 0.821. The molecule has 1 heterocycles. The van der Waals surface area contributed by atoms with Gasteiger partial charge in [-0.1, -0.05) is 38.5 Å². The number of aryl methyl sites for hydroxylation is 1. The maximum Gasteiger partial charge on any atom is 0.227 e. The number of hydrogen-bond acceptors (Lipinski definition) is 2. The number of nitrogens with one attached hydrogen (secondary N) is 1. The van der Waals surface area contributed by atoms with Gasteiger partial charge in [-0.2, -0.15) is 0 Å². The Hall–Kier alpha value is -1.35. The van der Waals surface area contributed by atoms with Crippen LogP contribution in [0.2, 0.25) is 0 Å². The number of para-hydroxylation sites is 1. The van der Waals surface area contributed by atoms with Gasteiger partial charge in [-0.3, -0.25) is 4.79 Å². The van der Waals surface area contributed by atoms with Crippen LogP contribution in [0, 0.1) is 5.92 Å². The average molecular weight is 274 g/mol. The zero-order valence-corrected chi connectivity index (χ0v) is 12.9. The first-order chi connectivity index (χ1) is 9.67. The van der Waals surface area contributed by atoms with E-state index in [0.29, 0.717) is 18.4 Å². The summed E-state index contributed by atoms with van der Waals surface area (Å²) in [6.07, 6.45) is 3.74. The fraction of sp³-hybridized carbons (Fsp3) is 0.588. The second kappa shape index (κ2) is 6.89. The molecule has 2 rings (SSSR count). The van der Waals surface area contributed by atoms with Gasteiger partial charge in [-0.15, -0.1) is 0 Å². The molecule has 0 aromatic heterocycles. The van der Waals surface area contributed by atoms with E-state index in [1.807, 2.05) is 18.0 Å². The molecule has 0 aliphatic carbocycles. The van der Waals surface area contributed by atoms with Crippen molar-refractivity contribution in [3.05, 3.63) is 29.8 Å². The van der Waals surface area contributed by atoms with E-state index in [-0.39, 0.29) is 5.91 Å². The summed E-state index contributed by atoms with van der Waals surface area (Å²) < 4.78 is 0. The minimum absolute atomic E-state index is 0.263. The number of likely N-dealkylation sites (N-methyl/N-ethyl adjacent to an activating group) is 1. The van der Waals surface area contributed by atoms with E-state index >= 15 is 0 Å². The Morgan fingerprint density at radius 2 is 2.05 bits per heavy atom. The van der Waals surface area contributed by atoms with Crippen LogP contribution in [0.1, 0.15) is 38.7 Å². The molecule has 0 bridgehead atoms. The van der Waals surface area contributed by atoms with Crippen molar-refractivity contribution in [1.82, 2.24) is 5.32 Å². The van der Waals surface area contributed by atoms with Crippen LogP contribution >= 0.6 is 0 Å². The molecule has 0 spiro atoms. The van der Waals surface area contributed by atoms with Gasteiger partial charge in [0.2, 0.25) is 5.91 Å². The third-order valence-corrected chi connectivity index (χ3v) is 4.50. The monoisotopic (exact) mass is 274 g/mol. The Labute approximate surface area is 122 Å². The molecule has 1 aliphatic rings. The number of carbonyl (C=O) groups excluding carboxylic acids is 1. The van der Waals surface area contributed by atoms with Crippen molar-refractivity contribution in [2.75, 3.05) is 18.5 Å². The number of fused-ring (bicyclic) bond motifs is 1. The Balaban J connectivity index is 2.26. The van der Waals surface area contributed by atoms with Crippen LogP contribution < -0.4 is 10.2 Å². The predicted octanol–water partition coefficient (Wildman–Crippen LogP) is 2.99. The number of benzene rings is 1. The fourth-order valence-electron chi connectivity index (χ4n) is 2.92. The normalized spacial score (nSPS) is 18.4.